The van der Waals surface area contributed by atoms with Crippen molar-refractivity contribution in [1.29, 1.82) is 0 Å². The average molecular weight is 212 g/mol. The Bertz CT molecular complexity index is 287. The molecular formula is C11H16O2S. The third kappa shape index (κ3) is 2.93. The van der Waals surface area contributed by atoms with Crippen molar-refractivity contribution in [2.45, 2.75) is 17.7 Å². The topological polar surface area (TPSA) is 29.5 Å². The zero-order chi connectivity index (χ0) is 10.4. The molecule has 1 aromatic rings. The summed E-state index contributed by atoms with van der Waals surface area (Å²) in [4.78, 5) is 1.23. The highest BCUT2D eigenvalue weighted by atomic mass is 32.2. The quantitative estimate of drug-likeness (QED) is 0.760. The first kappa shape index (κ1) is 11.4. The van der Waals surface area contributed by atoms with Gasteiger partial charge in [-0.1, -0.05) is 0 Å². The van der Waals surface area contributed by atoms with E-state index < -0.39 is 0 Å². The molecule has 0 amide bonds. The molecule has 0 saturated carbocycles. The molecule has 14 heavy (non-hydrogen) atoms. The van der Waals surface area contributed by atoms with Crippen LogP contribution in [0.4, 0.5) is 0 Å². The molecule has 0 unspecified atom stereocenters. The Balaban J connectivity index is 2.84. The molecule has 1 aromatic carbocycles. The van der Waals surface area contributed by atoms with Gasteiger partial charge in [-0.05, 0) is 42.9 Å². The highest BCUT2D eigenvalue weighted by molar-refractivity contribution is 7.98. The molecule has 2 nitrogen and oxygen atoms in total. The normalized spacial score (nSPS) is 10.2. The van der Waals surface area contributed by atoms with E-state index >= 15 is 0 Å². The van der Waals surface area contributed by atoms with E-state index in [4.69, 9.17) is 9.84 Å². The summed E-state index contributed by atoms with van der Waals surface area (Å²) in [5.74, 6) is 0.913. The average Bonchev–Trinajstić information content (AvgIpc) is 2.25. The molecule has 0 aliphatic carbocycles. The van der Waals surface area contributed by atoms with Gasteiger partial charge in [-0.2, -0.15) is 0 Å². The van der Waals surface area contributed by atoms with Crippen molar-refractivity contribution < 1.29 is 9.84 Å². The smallest absolute Gasteiger partial charge is 0.122 e. The van der Waals surface area contributed by atoms with Gasteiger partial charge in [-0.25, -0.2) is 0 Å². The molecule has 0 fully saturated rings. The summed E-state index contributed by atoms with van der Waals surface area (Å²) in [7, 11) is 1.68. The van der Waals surface area contributed by atoms with Crippen LogP contribution in [0.3, 0.4) is 0 Å². The lowest BCUT2D eigenvalue weighted by atomic mass is 10.1. The maximum Gasteiger partial charge on any atom is 0.122 e. The Kier molecular flexibility index (Phi) is 4.84. The third-order valence-electron chi connectivity index (χ3n) is 2.09. The number of hydrogen-bond acceptors (Lipinski definition) is 3. The van der Waals surface area contributed by atoms with E-state index in [9.17, 15) is 0 Å². The predicted molar refractivity (Wildman–Crippen MR) is 60.2 cm³/mol. The summed E-state index contributed by atoms with van der Waals surface area (Å²) in [5, 5.41) is 8.77. The lowest BCUT2D eigenvalue weighted by Gasteiger charge is -2.09. The van der Waals surface area contributed by atoms with Crippen LogP contribution in [0, 0.1) is 0 Å². The van der Waals surface area contributed by atoms with E-state index in [2.05, 4.69) is 12.3 Å². The first-order valence-corrected chi connectivity index (χ1v) is 5.86. The van der Waals surface area contributed by atoms with Crippen LogP contribution in [0.1, 0.15) is 12.0 Å². The van der Waals surface area contributed by atoms with Crippen LogP contribution < -0.4 is 4.74 Å². The maximum atomic E-state index is 8.77. The molecular weight excluding hydrogens is 196 g/mol. The van der Waals surface area contributed by atoms with Crippen LogP contribution in [0.5, 0.6) is 5.75 Å². The lowest BCUT2D eigenvalue weighted by Crippen LogP contribution is -1.94. The summed E-state index contributed by atoms with van der Waals surface area (Å²) in [5.41, 5.74) is 1.17. The maximum absolute atomic E-state index is 8.77. The summed E-state index contributed by atoms with van der Waals surface area (Å²) in [6, 6.07) is 6.16. The molecule has 0 bridgehead atoms. The monoisotopic (exact) mass is 212 g/mol. The fourth-order valence-corrected chi connectivity index (χ4v) is 1.81. The molecule has 0 aromatic heterocycles. The molecule has 0 atom stereocenters. The SMILES string of the molecule is COc1ccc(SC)cc1CCCO. The van der Waals surface area contributed by atoms with Gasteiger partial charge in [0.1, 0.15) is 5.75 Å². The molecule has 1 N–H and O–H groups in total. The largest absolute Gasteiger partial charge is 0.496 e. The number of aliphatic hydroxyl groups excluding tert-OH is 1. The molecule has 1 rings (SSSR count). The van der Waals surface area contributed by atoms with Crippen LogP contribution in [0.2, 0.25) is 0 Å². The second kappa shape index (κ2) is 5.94. The zero-order valence-electron chi connectivity index (χ0n) is 8.62. The van der Waals surface area contributed by atoms with Crippen LogP contribution in [0.15, 0.2) is 23.1 Å². The first-order valence-electron chi connectivity index (χ1n) is 4.63. The number of rotatable bonds is 5. The second-order valence-electron chi connectivity index (χ2n) is 3.00. The molecule has 0 heterocycles. The summed E-state index contributed by atoms with van der Waals surface area (Å²) in [6.07, 6.45) is 3.71. The highest BCUT2D eigenvalue weighted by Crippen LogP contribution is 2.25. The fourth-order valence-electron chi connectivity index (χ4n) is 1.35. The Morgan fingerprint density at radius 3 is 2.79 bits per heavy atom. The van der Waals surface area contributed by atoms with Gasteiger partial charge >= 0.3 is 0 Å². The van der Waals surface area contributed by atoms with Crippen molar-refractivity contribution in [3.63, 3.8) is 0 Å². The number of hydrogen-bond donors (Lipinski definition) is 1. The number of benzene rings is 1. The Morgan fingerprint density at radius 2 is 2.21 bits per heavy atom. The number of methoxy groups -OCH3 is 1. The van der Waals surface area contributed by atoms with Crippen molar-refractivity contribution >= 4 is 11.8 Å². The number of aryl methyl sites for hydroxylation is 1. The van der Waals surface area contributed by atoms with Crippen molar-refractivity contribution in [3.05, 3.63) is 23.8 Å². The van der Waals surface area contributed by atoms with Gasteiger partial charge in [0.25, 0.3) is 0 Å². The van der Waals surface area contributed by atoms with Crippen LogP contribution in [0.25, 0.3) is 0 Å². The molecule has 0 saturated heterocycles. The summed E-state index contributed by atoms with van der Waals surface area (Å²) < 4.78 is 5.25. The van der Waals surface area contributed by atoms with E-state index in [0.717, 1.165) is 18.6 Å². The number of ether oxygens (including phenoxy) is 1. The molecule has 0 aliphatic heterocycles. The second-order valence-corrected chi connectivity index (χ2v) is 3.88. The Hall–Kier alpha value is -0.670. The number of aliphatic hydroxyl groups is 1. The first-order chi connectivity index (χ1) is 6.81. The Morgan fingerprint density at radius 1 is 1.43 bits per heavy atom. The van der Waals surface area contributed by atoms with E-state index in [0.29, 0.717) is 0 Å². The molecule has 78 valence electrons. The van der Waals surface area contributed by atoms with Crippen molar-refractivity contribution in [2.24, 2.45) is 0 Å². The van der Waals surface area contributed by atoms with Gasteiger partial charge in [0.05, 0.1) is 7.11 Å². The third-order valence-corrected chi connectivity index (χ3v) is 2.82. The summed E-state index contributed by atoms with van der Waals surface area (Å²) in [6.45, 7) is 0.229. The zero-order valence-corrected chi connectivity index (χ0v) is 9.43. The molecule has 0 aliphatic rings. The minimum atomic E-state index is 0.229. The van der Waals surface area contributed by atoms with Crippen molar-refractivity contribution in [2.75, 3.05) is 20.0 Å². The van der Waals surface area contributed by atoms with Gasteiger partial charge < -0.3 is 9.84 Å². The van der Waals surface area contributed by atoms with Crippen LogP contribution in [-0.2, 0) is 6.42 Å². The highest BCUT2D eigenvalue weighted by Gasteiger charge is 2.03. The van der Waals surface area contributed by atoms with Gasteiger partial charge in [0.15, 0.2) is 0 Å². The van der Waals surface area contributed by atoms with Crippen LogP contribution in [-0.4, -0.2) is 25.1 Å². The van der Waals surface area contributed by atoms with Gasteiger partial charge in [-0.15, -0.1) is 11.8 Å². The summed E-state index contributed by atoms with van der Waals surface area (Å²) >= 11 is 1.72. The van der Waals surface area contributed by atoms with E-state index in [1.54, 1.807) is 18.9 Å². The number of thioether (sulfide) groups is 1. The fraction of sp³-hybridized carbons (Fsp3) is 0.455. The minimum Gasteiger partial charge on any atom is -0.496 e. The van der Waals surface area contributed by atoms with Gasteiger partial charge in [0, 0.05) is 11.5 Å². The van der Waals surface area contributed by atoms with E-state index in [-0.39, 0.29) is 6.61 Å². The van der Waals surface area contributed by atoms with Crippen molar-refractivity contribution in [3.8, 4) is 5.75 Å². The minimum absolute atomic E-state index is 0.229. The van der Waals surface area contributed by atoms with Crippen molar-refractivity contribution in [1.82, 2.24) is 0 Å². The van der Waals surface area contributed by atoms with Crippen LogP contribution >= 0.6 is 11.8 Å². The lowest BCUT2D eigenvalue weighted by molar-refractivity contribution is 0.287. The van der Waals surface area contributed by atoms with Gasteiger partial charge in [0.2, 0.25) is 0 Å². The predicted octanol–water partition coefficient (Wildman–Crippen LogP) is 2.34. The van der Waals surface area contributed by atoms with E-state index in [1.807, 2.05) is 12.1 Å². The molecule has 3 heteroatoms. The molecule has 0 radical (unpaired) electrons. The molecule has 0 spiro atoms. The van der Waals surface area contributed by atoms with E-state index in [1.165, 1.54) is 10.5 Å². The Labute approximate surface area is 89.3 Å². The van der Waals surface area contributed by atoms with Gasteiger partial charge in [-0.3, -0.25) is 0 Å². The standard InChI is InChI=1S/C11H16O2S/c1-13-11-6-5-10(14-2)8-9(11)4-3-7-12/h5-6,8,12H,3-4,7H2,1-2H3.